The summed E-state index contributed by atoms with van der Waals surface area (Å²) in [5.41, 5.74) is 15.6. The first-order valence-corrected chi connectivity index (χ1v) is 17.0. The Morgan fingerprint density at radius 3 is 1.94 bits per heavy atom. The summed E-state index contributed by atoms with van der Waals surface area (Å²) in [6, 6.07) is 51.0. The van der Waals surface area contributed by atoms with Crippen molar-refractivity contribution in [3.05, 3.63) is 168 Å². The smallest absolute Gasteiger partial charge is 0.134 e. The minimum atomic E-state index is -0.159. The van der Waals surface area contributed by atoms with Crippen molar-refractivity contribution in [2.75, 3.05) is 4.90 Å². The molecule has 2 aliphatic rings. The van der Waals surface area contributed by atoms with E-state index in [4.69, 9.17) is 4.42 Å². The van der Waals surface area contributed by atoms with Crippen molar-refractivity contribution < 1.29 is 4.42 Å². The Morgan fingerprint density at radius 1 is 0.583 bits per heavy atom. The second-order valence-corrected chi connectivity index (χ2v) is 13.8. The molecule has 0 saturated carbocycles. The molecule has 7 aromatic rings. The van der Waals surface area contributed by atoms with Gasteiger partial charge in [-0.05, 0) is 93.4 Å². The second kappa shape index (κ2) is 11.0. The number of fused-ring (bicyclic) bond motifs is 5. The second-order valence-electron chi connectivity index (χ2n) is 13.8. The highest BCUT2D eigenvalue weighted by molar-refractivity contribution is 5.93. The van der Waals surface area contributed by atoms with Crippen LogP contribution < -0.4 is 4.90 Å². The van der Waals surface area contributed by atoms with Gasteiger partial charge in [0.1, 0.15) is 11.3 Å². The van der Waals surface area contributed by atoms with Crippen LogP contribution in [0.15, 0.2) is 150 Å². The molecular formula is C46H37NO. The largest absolute Gasteiger partial charge is 0.460 e. The monoisotopic (exact) mass is 619 g/mol. The van der Waals surface area contributed by atoms with E-state index in [-0.39, 0.29) is 5.41 Å². The van der Waals surface area contributed by atoms with E-state index < -0.39 is 0 Å². The van der Waals surface area contributed by atoms with Crippen LogP contribution in [0.5, 0.6) is 0 Å². The molecule has 9 rings (SSSR count). The number of rotatable bonds is 4. The van der Waals surface area contributed by atoms with Crippen molar-refractivity contribution in [1.82, 2.24) is 0 Å². The third-order valence-electron chi connectivity index (χ3n) is 10.5. The van der Waals surface area contributed by atoms with E-state index in [1.807, 2.05) is 0 Å². The molecule has 0 fully saturated rings. The van der Waals surface area contributed by atoms with Gasteiger partial charge in [-0.3, -0.25) is 0 Å². The van der Waals surface area contributed by atoms with Gasteiger partial charge < -0.3 is 9.32 Å². The molecule has 2 nitrogen and oxygen atoms in total. The van der Waals surface area contributed by atoms with E-state index in [9.17, 15) is 0 Å². The lowest BCUT2D eigenvalue weighted by Gasteiger charge is -2.42. The van der Waals surface area contributed by atoms with Crippen LogP contribution in [-0.4, -0.2) is 0 Å². The zero-order chi connectivity index (χ0) is 32.4. The van der Waals surface area contributed by atoms with Gasteiger partial charge in [0.05, 0.1) is 11.4 Å². The highest BCUT2D eigenvalue weighted by Gasteiger charge is 2.37. The Hall–Kier alpha value is -5.60. The average Bonchev–Trinajstić information content (AvgIpc) is 3.52. The molecule has 1 aliphatic heterocycles. The molecule has 2 heterocycles. The van der Waals surface area contributed by atoms with E-state index in [2.05, 4.69) is 177 Å². The number of anilines is 3. The molecule has 232 valence electrons. The van der Waals surface area contributed by atoms with Crippen LogP contribution in [0.2, 0.25) is 0 Å². The summed E-state index contributed by atoms with van der Waals surface area (Å²) in [5.74, 6) is 1.53. The SMILES string of the molecule is CC1CC=Cc2c1oc1ccc(-c3ccc(-c4ccc5c(c4)C(C)(C)c4ccccc4N5c4ccc(-c5ccccc5)cc4)cc3)cc21. The molecule has 1 aromatic heterocycles. The first-order valence-electron chi connectivity index (χ1n) is 17.0. The molecule has 0 amide bonds. The molecule has 0 saturated heterocycles. The van der Waals surface area contributed by atoms with Crippen molar-refractivity contribution in [2.24, 2.45) is 0 Å². The molecule has 1 atom stereocenters. The van der Waals surface area contributed by atoms with Crippen LogP contribution in [0.25, 0.3) is 50.4 Å². The van der Waals surface area contributed by atoms with Gasteiger partial charge in [0, 0.05) is 28.0 Å². The summed E-state index contributed by atoms with van der Waals surface area (Å²) in [7, 11) is 0. The number of nitrogens with zero attached hydrogens (tertiary/aromatic N) is 1. The number of furan rings is 1. The Balaban J connectivity index is 1.08. The molecule has 1 unspecified atom stereocenters. The molecule has 2 heteroatoms. The maximum absolute atomic E-state index is 6.26. The van der Waals surface area contributed by atoms with E-state index in [1.165, 1.54) is 66.8 Å². The first kappa shape index (κ1) is 28.6. The van der Waals surface area contributed by atoms with Crippen LogP contribution in [-0.2, 0) is 5.41 Å². The maximum atomic E-state index is 6.26. The van der Waals surface area contributed by atoms with E-state index in [1.54, 1.807) is 0 Å². The van der Waals surface area contributed by atoms with Crippen molar-refractivity contribution in [3.8, 4) is 33.4 Å². The minimum absolute atomic E-state index is 0.159. The van der Waals surface area contributed by atoms with Gasteiger partial charge >= 0.3 is 0 Å². The van der Waals surface area contributed by atoms with Crippen molar-refractivity contribution in [2.45, 2.75) is 38.5 Å². The van der Waals surface area contributed by atoms with Gasteiger partial charge in [0.25, 0.3) is 0 Å². The fraction of sp³-hybridized carbons (Fsp3) is 0.130. The lowest BCUT2D eigenvalue weighted by atomic mass is 9.73. The lowest BCUT2D eigenvalue weighted by molar-refractivity contribution is 0.504. The van der Waals surface area contributed by atoms with Gasteiger partial charge in [-0.1, -0.05) is 130 Å². The van der Waals surface area contributed by atoms with Crippen LogP contribution in [0.3, 0.4) is 0 Å². The van der Waals surface area contributed by atoms with Crippen molar-refractivity contribution in [1.29, 1.82) is 0 Å². The van der Waals surface area contributed by atoms with Crippen LogP contribution in [0, 0.1) is 0 Å². The van der Waals surface area contributed by atoms with E-state index >= 15 is 0 Å². The summed E-state index contributed by atoms with van der Waals surface area (Å²) in [5, 5.41) is 1.20. The first-order chi connectivity index (χ1) is 23.5. The highest BCUT2D eigenvalue weighted by Crippen LogP contribution is 2.52. The van der Waals surface area contributed by atoms with E-state index in [0.29, 0.717) is 5.92 Å². The zero-order valence-corrected chi connectivity index (χ0v) is 27.6. The van der Waals surface area contributed by atoms with Crippen LogP contribution in [0.1, 0.15) is 55.6 Å². The summed E-state index contributed by atoms with van der Waals surface area (Å²) in [6.07, 6.45) is 5.53. The predicted molar refractivity (Wildman–Crippen MR) is 201 cm³/mol. The number of hydrogen-bond donors (Lipinski definition) is 0. The summed E-state index contributed by atoms with van der Waals surface area (Å²) < 4.78 is 6.26. The number of hydrogen-bond acceptors (Lipinski definition) is 2. The van der Waals surface area contributed by atoms with Gasteiger partial charge in [-0.25, -0.2) is 0 Å². The zero-order valence-electron chi connectivity index (χ0n) is 27.6. The van der Waals surface area contributed by atoms with Gasteiger partial charge in [0.2, 0.25) is 0 Å². The fourth-order valence-electron chi connectivity index (χ4n) is 7.80. The summed E-state index contributed by atoms with van der Waals surface area (Å²) in [4.78, 5) is 2.43. The average molecular weight is 620 g/mol. The number of benzene rings is 6. The quantitative estimate of drug-likeness (QED) is 0.195. The minimum Gasteiger partial charge on any atom is -0.460 e. The van der Waals surface area contributed by atoms with Gasteiger partial charge in [-0.2, -0.15) is 0 Å². The summed E-state index contributed by atoms with van der Waals surface area (Å²) in [6.45, 7) is 6.95. The Bertz CT molecular complexity index is 2340. The topological polar surface area (TPSA) is 16.4 Å². The van der Waals surface area contributed by atoms with Crippen molar-refractivity contribution in [3.63, 3.8) is 0 Å². The molecule has 0 N–H and O–H groups in total. The number of allylic oxidation sites excluding steroid dienone is 1. The highest BCUT2D eigenvalue weighted by atomic mass is 16.3. The molecule has 0 bridgehead atoms. The van der Waals surface area contributed by atoms with Crippen LogP contribution in [0.4, 0.5) is 17.1 Å². The lowest BCUT2D eigenvalue weighted by Crippen LogP contribution is -2.30. The van der Waals surface area contributed by atoms with E-state index in [0.717, 1.165) is 23.5 Å². The van der Waals surface area contributed by atoms with Gasteiger partial charge in [0.15, 0.2) is 0 Å². The Morgan fingerprint density at radius 2 is 1.17 bits per heavy atom. The molecule has 6 aromatic carbocycles. The Labute approximate surface area is 282 Å². The third kappa shape index (κ3) is 4.55. The Kier molecular flexibility index (Phi) is 6.55. The summed E-state index contributed by atoms with van der Waals surface area (Å²) >= 11 is 0. The van der Waals surface area contributed by atoms with Crippen molar-refractivity contribution >= 4 is 34.1 Å². The molecule has 0 radical (unpaired) electrons. The normalized spacial score (nSPS) is 16.0. The molecule has 48 heavy (non-hydrogen) atoms. The standard InChI is InChI=1S/C46H37NO/c1-30-10-9-13-38-39-28-35(23-27-44(39)48-45(30)38)33-16-18-34(19-17-33)36-22-26-43-41(29-36)46(2,3)40-14-7-8-15-42(40)47(43)37-24-20-32(21-25-37)31-11-5-4-6-12-31/h4-9,11-30H,10H2,1-3H3. The molecular weight excluding hydrogens is 583 g/mol. The predicted octanol–water partition coefficient (Wildman–Crippen LogP) is 13.1. The number of para-hydroxylation sites is 1. The molecule has 1 aliphatic carbocycles. The molecule has 0 spiro atoms. The van der Waals surface area contributed by atoms with Crippen LogP contribution >= 0.6 is 0 Å². The fourth-order valence-corrected chi connectivity index (χ4v) is 7.80. The van der Waals surface area contributed by atoms with Gasteiger partial charge in [-0.15, -0.1) is 0 Å². The third-order valence-corrected chi connectivity index (χ3v) is 10.5. The maximum Gasteiger partial charge on any atom is 0.134 e.